The topological polar surface area (TPSA) is 79.0 Å². The number of Topliss-reactive ketones (excluding diaryl/α,β-unsaturated/α-hetero) is 1. The zero-order valence-electron chi connectivity index (χ0n) is 11.1. The molecule has 1 aromatic heterocycles. The monoisotopic (exact) mass is 292 g/mol. The summed E-state index contributed by atoms with van der Waals surface area (Å²) in [6.07, 6.45) is 3.80. The molecule has 0 atom stereocenters. The summed E-state index contributed by atoms with van der Waals surface area (Å²) in [5, 5.41) is 0. The van der Waals surface area contributed by atoms with Crippen LogP contribution in [-0.4, -0.2) is 19.2 Å². The third-order valence-electron chi connectivity index (χ3n) is 2.92. The van der Waals surface area contributed by atoms with Crippen molar-refractivity contribution in [3.63, 3.8) is 0 Å². The number of hydrogen-bond acceptors (Lipinski definition) is 3. The Hall–Kier alpha value is -1.92. The lowest BCUT2D eigenvalue weighted by Crippen LogP contribution is -2.23. The van der Waals surface area contributed by atoms with Gasteiger partial charge in [0.1, 0.15) is 0 Å². The minimum Gasteiger partial charge on any atom is -0.367 e. The van der Waals surface area contributed by atoms with Crippen LogP contribution in [0, 0.1) is 0 Å². The molecule has 0 bridgehead atoms. The molecule has 2 aromatic rings. The van der Waals surface area contributed by atoms with Crippen molar-refractivity contribution in [2.45, 2.75) is 24.8 Å². The normalized spacial score (nSPS) is 11.4. The fourth-order valence-corrected chi connectivity index (χ4v) is 2.83. The first-order valence-electron chi connectivity index (χ1n) is 6.27. The number of ketones is 1. The lowest BCUT2D eigenvalue weighted by Gasteiger charge is -2.07. The van der Waals surface area contributed by atoms with Crippen molar-refractivity contribution in [2.75, 3.05) is 0 Å². The third kappa shape index (κ3) is 3.34. The Kier molecular flexibility index (Phi) is 4.36. The molecule has 5 nitrogen and oxygen atoms in total. The van der Waals surface area contributed by atoms with Crippen LogP contribution in [0.25, 0.3) is 0 Å². The van der Waals surface area contributed by atoms with Crippen LogP contribution < -0.4 is 4.72 Å². The van der Waals surface area contributed by atoms with E-state index >= 15 is 0 Å². The smallest absolute Gasteiger partial charge is 0.240 e. The number of rotatable bonds is 6. The molecule has 1 aromatic carbocycles. The molecule has 0 saturated heterocycles. The van der Waals surface area contributed by atoms with Crippen molar-refractivity contribution in [1.82, 2.24) is 9.71 Å². The number of aromatic nitrogens is 1. The van der Waals surface area contributed by atoms with Crippen molar-refractivity contribution < 1.29 is 13.2 Å². The number of carbonyl (C=O) groups excluding carboxylic acids is 1. The fourth-order valence-electron chi connectivity index (χ4n) is 1.77. The summed E-state index contributed by atoms with van der Waals surface area (Å²) in [5.41, 5.74) is 1.26. The zero-order chi connectivity index (χ0) is 14.6. The summed E-state index contributed by atoms with van der Waals surface area (Å²) in [6.45, 7) is 1.95. The van der Waals surface area contributed by atoms with E-state index in [9.17, 15) is 13.2 Å². The van der Waals surface area contributed by atoms with Gasteiger partial charge in [0.15, 0.2) is 5.78 Å². The standard InChI is InChI=1S/C14H16N2O3S/c1-2-14(17)12-4-3-5-13(8-12)20(18,19)16-10-11-6-7-15-9-11/h3-9,15-16H,2,10H2,1H3. The number of sulfonamides is 1. The Balaban J connectivity index is 2.18. The molecule has 0 spiro atoms. The number of nitrogens with one attached hydrogen (secondary N) is 2. The van der Waals surface area contributed by atoms with E-state index in [0.29, 0.717) is 12.0 Å². The number of hydrogen-bond donors (Lipinski definition) is 2. The Bertz CT molecular complexity index is 691. The van der Waals surface area contributed by atoms with Crippen molar-refractivity contribution in [3.05, 3.63) is 53.9 Å². The number of H-pyrrole nitrogens is 1. The first-order valence-corrected chi connectivity index (χ1v) is 7.76. The second-order valence-electron chi connectivity index (χ2n) is 4.35. The van der Waals surface area contributed by atoms with Crippen LogP contribution in [0.5, 0.6) is 0 Å². The van der Waals surface area contributed by atoms with Crippen LogP contribution in [-0.2, 0) is 16.6 Å². The predicted molar refractivity (Wildman–Crippen MR) is 75.9 cm³/mol. The molecule has 0 aliphatic heterocycles. The maximum Gasteiger partial charge on any atom is 0.240 e. The highest BCUT2D eigenvalue weighted by Crippen LogP contribution is 2.13. The largest absolute Gasteiger partial charge is 0.367 e. The molecule has 0 saturated carbocycles. The second-order valence-corrected chi connectivity index (χ2v) is 6.12. The summed E-state index contributed by atoms with van der Waals surface area (Å²) >= 11 is 0. The van der Waals surface area contributed by atoms with Gasteiger partial charge in [0, 0.05) is 30.9 Å². The van der Waals surface area contributed by atoms with E-state index in [-0.39, 0.29) is 17.2 Å². The van der Waals surface area contributed by atoms with E-state index < -0.39 is 10.0 Å². The van der Waals surface area contributed by atoms with Gasteiger partial charge in [0.2, 0.25) is 10.0 Å². The van der Waals surface area contributed by atoms with Gasteiger partial charge in [-0.15, -0.1) is 0 Å². The molecule has 0 aliphatic carbocycles. The average Bonchev–Trinajstić information content (AvgIpc) is 2.98. The SMILES string of the molecule is CCC(=O)c1cccc(S(=O)(=O)NCc2cc[nH]c2)c1. The molecule has 20 heavy (non-hydrogen) atoms. The van der Waals surface area contributed by atoms with Crippen molar-refractivity contribution in [1.29, 1.82) is 0 Å². The van der Waals surface area contributed by atoms with Crippen molar-refractivity contribution in [3.8, 4) is 0 Å². The average molecular weight is 292 g/mol. The molecule has 106 valence electrons. The molecular formula is C14H16N2O3S. The molecule has 0 unspecified atom stereocenters. The Morgan fingerprint density at radius 2 is 2.10 bits per heavy atom. The first-order chi connectivity index (χ1) is 9.53. The second kappa shape index (κ2) is 6.02. The summed E-state index contributed by atoms with van der Waals surface area (Å²) in [4.78, 5) is 14.6. The van der Waals surface area contributed by atoms with Crippen LogP contribution >= 0.6 is 0 Å². The van der Waals surface area contributed by atoms with Crippen LogP contribution in [0.1, 0.15) is 29.3 Å². The van der Waals surface area contributed by atoms with Gasteiger partial charge in [-0.1, -0.05) is 19.1 Å². The first kappa shape index (κ1) is 14.5. The number of benzene rings is 1. The van der Waals surface area contributed by atoms with E-state index in [2.05, 4.69) is 9.71 Å². The summed E-state index contributed by atoms with van der Waals surface area (Å²) in [6, 6.07) is 7.88. The van der Waals surface area contributed by atoms with Gasteiger partial charge in [-0.2, -0.15) is 0 Å². The molecule has 2 N–H and O–H groups in total. The van der Waals surface area contributed by atoms with Crippen LogP contribution in [0.4, 0.5) is 0 Å². The Morgan fingerprint density at radius 1 is 1.30 bits per heavy atom. The Morgan fingerprint density at radius 3 is 2.75 bits per heavy atom. The molecule has 0 fully saturated rings. The van der Waals surface area contributed by atoms with Crippen LogP contribution in [0.3, 0.4) is 0 Å². The van der Waals surface area contributed by atoms with Gasteiger partial charge >= 0.3 is 0 Å². The quantitative estimate of drug-likeness (QED) is 0.800. The summed E-state index contributed by atoms with van der Waals surface area (Å²) < 4.78 is 26.8. The maximum absolute atomic E-state index is 12.2. The summed E-state index contributed by atoms with van der Waals surface area (Å²) in [5.74, 6) is -0.0762. The van der Waals surface area contributed by atoms with E-state index in [4.69, 9.17) is 0 Å². The molecule has 0 radical (unpaired) electrons. The number of aromatic amines is 1. The molecule has 0 amide bonds. The lowest BCUT2D eigenvalue weighted by molar-refractivity contribution is 0.0988. The predicted octanol–water partition coefficient (Wildman–Crippen LogP) is 2.09. The van der Waals surface area contributed by atoms with Crippen molar-refractivity contribution in [2.24, 2.45) is 0 Å². The van der Waals surface area contributed by atoms with Gasteiger partial charge < -0.3 is 4.98 Å². The molecule has 2 rings (SSSR count). The highest BCUT2D eigenvalue weighted by molar-refractivity contribution is 7.89. The molecule has 0 aliphatic rings. The molecular weight excluding hydrogens is 276 g/mol. The number of carbonyl (C=O) groups is 1. The van der Waals surface area contributed by atoms with E-state index in [1.165, 1.54) is 12.1 Å². The van der Waals surface area contributed by atoms with Gasteiger partial charge in [-0.25, -0.2) is 13.1 Å². The fraction of sp³-hybridized carbons (Fsp3) is 0.214. The third-order valence-corrected chi connectivity index (χ3v) is 4.32. The van der Waals surface area contributed by atoms with Crippen LogP contribution in [0.2, 0.25) is 0 Å². The van der Waals surface area contributed by atoms with Gasteiger partial charge in [0.05, 0.1) is 4.90 Å². The van der Waals surface area contributed by atoms with E-state index in [1.54, 1.807) is 37.5 Å². The molecule has 1 heterocycles. The van der Waals surface area contributed by atoms with E-state index in [1.807, 2.05) is 0 Å². The maximum atomic E-state index is 12.2. The highest BCUT2D eigenvalue weighted by Gasteiger charge is 2.15. The lowest BCUT2D eigenvalue weighted by atomic mass is 10.1. The minimum absolute atomic E-state index is 0.0762. The van der Waals surface area contributed by atoms with Gasteiger partial charge in [-0.3, -0.25) is 4.79 Å². The van der Waals surface area contributed by atoms with Crippen LogP contribution in [0.15, 0.2) is 47.6 Å². The van der Waals surface area contributed by atoms with E-state index in [0.717, 1.165) is 5.56 Å². The zero-order valence-corrected chi connectivity index (χ0v) is 11.9. The van der Waals surface area contributed by atoms with Gasteiger partial charge in [0.25, 0.3) is 0 Å². The Labute approximate surface area is 118 Å². The molecule has 6 heteroatoms. The van der Waals surface area contributed by atoms with Gasteiger partial charge in [-0.05, 0) is 23.8 Å². The highest BCUT2D eigenvalue weighted by atomic mass is 32.2. The summed E-state index contributed by atoms with van der Waals surface area (Å²) in [7, 11) is -3.62. The van der Waals surface area contributed by atoms with Crippen molar-refractivity contribution >= 4 is 15.8 Å². The minimum atomic E-state index is -3.62.